The van der Waals surface area contributed by atoms with Crippen molar-refractivity contribution in [3.63, 3.8) is 0 Å². The molecule has 1 unspecified atom stereocenters. The molecule has 1 aromatic rings. The minimum absolute atomic E-state index is 0.0557. The van der Waals surface area contributed by atoms with Crippen LogP contribution in [0.1, 0.15) is 23.2 Å². The molecule has 1 N–H and O–H groups in total. The van der Waals surface area contributed by atoms with E-state index < -0.39 is 0 Å². The van der Waals surface area contributed by atoms with Gasteiger partial charge in [0.1, 0.15) is 5.78 Å². The Balaban J connectivity index is 2.59. The number of aromatic nitrogens is 1. The van der Waals surface area contributed by atoms with E-state index in [0.717, 1.165) is 9.88 Å². The highest BCUT2D eigenvalue weighted by atomic mass is 32.1. The van der Waals surface area contributed by atoms with E-state index in [1.54, 1.807) is 18.3 Å². The first kappa shape index (κ1) is 11.3. The molecular formula is C10H15NO2S. The zero-order valence-electron chi connectivity index (χ0n) is 8.49. The van der Waals surface area contributed by atoms with Crippen molar-refractivity contribution < 1.29 is 9.90 Å². The summed E-state index contributed by atoms with van der Waals surface area (Å²) in [5.74, 6) is 0.0879. The maximum atomic E-state index is 11.2. The number of carbonyl (C=O) groups excluding carboxylic acids is 1. The highest BCUT2D eigenvalue weighted by molar-refractivity contribution is 7.11. The van der Waals surface area contributed by atoms with Gasteiger partial charge >= 0.3 is 0 Å². The number of carbonyl (C=O) groups is 1. The molecule has 0 aliphatic heterocycles. The average molecular weight is 213 g/mol. The molecule has 1 atom stereocenters. The van der Waals surface area contributed by atoms with Crippen LogP contribution in [-0.4, -0.2) is 22.5 Å². The Bertz CT molecular complexity index is 309. The molecule has 0 amide bonds. The summed E-state index contributed by atoms with van der Waals surface area (Å²) in [6, 6.07) is 0. The van der Waals surface area contributed by atoms with Crippen LogP contribution in [0.15, 0.2) is 6.20 Å². The summed E-state index contributed by atoms with van der Waals surface area (Å²) in [5.41, 5.74) is 0. The standard InChI is InChI=1S/C10H15NO2S/c1-7(13)9(3-4-12)5-10-6-11-8(2)14-10/h6,9,12H,3-5H2,1-2H3. The fraction of sp³-hybridized carbons (Fsp3) is 0.600. The molecule has 4 heteroatoms. The van der Waals surface area contributed by atoms with Crippen LogP contribution in [0.4, 0.5) is 0 Å². The summed E-state index contributed by atoms with van der Waals surface area (Å²) < 4.78 is 0. The number of aliphatic hydroxyl groups excluding tert-OH is 1. The number of hydrogen-bond acceptors (Lipinski definition) is 4. The van der Waals surface area contributed by atoms with Crippen molar-refractivity contribution in [2.45, 2.75) is 26.7 Å². The fourth-order valence-corrected chi connectivity index (χ4v) is 2.22. The molecule has 78 valence electrons. The Labute approximate surface area is 87.8 Å². The van der Waals surface area contributed by atoms with Crippen LogP contribution in [0.5, 0.6) is 0 Å². The van der Waals surface area contributed by atoms with E-state index >= 15 is 0 Å². The molecular weight excluding hydrogens is 198 g/mol. The van der Waals surface area contributed by atoms with Gasteiger partial charge in [0.25, 0.3) is 0 Å². The van der Waals surface area contributed by atoms with E-state index in [2.05, 4.69) is 4.98 Å². The van der Waals surface area contributed by atoms with Gasteiger partial charge in [-0.25, -0.2) is 4.98 Å². The first-order valence-electron chi connectivity index (χ1n) is 4.66. The highest BCUT2D eigenvalue weighted by Gasteiger charge is 2.15. The maximum absolute atomic E-state index is 11.2. The molecule has 3 nitrogen and oxygen atoms in total. The number of aryl methyl sites for hydroxylation is 1. The maximum Gasteiger partial charge on any atom is 0.133 e. The Morgan fingerprint density at radius 2 is 2.43 bits per heavy atom. The predicted octanol–water partition coefficient (Wildman–Crippen LogP) is 1.58. The van der Waals surface area contributed by atoms with E-state index in [9.17, 15) is 4.79 Å². The normalized spacial score (nSPS) is 12.8. The summed E-state index contributed by atoms with van der Waals surface area (Å²) in [5, 5.41) is 9.82. The van der Waals surface area contributed by atoms with E-state index in [1.165, 1.54) is 0 Å². The molecule has 0 saturated heterocycles. The molecule has 0 aliphatic rings. The first-order chi connectivity index (χ1) is 6.63. The fourth-order valence-electron chi connectivity index (χ4n) is 1.35. The van der Waals surface area contributed by atoms with E-state index in [0.29, 0.717) is 12.8 Å². The van der Waals surface area contributed by atoms with Crippen LogP contribution < -0.4 is 0 Å². The van der Waals surface area contributed by atoms with E-state index in [1.807, 2.05) is 13.1 Å². The molecule has 1 rings (SSSR count). The second-order valence-corrected chi connectivity index (χ2v) is 4.69. The molecule has 0 aliphatic carbocycles. The molecule has 1 heterocycles. The van der Waals surface area contributed by atoms with Gasteiger partial charge in [-0.2, -0.15) is 0 Å². The van der Waals surface area contributed by atoms with Crippen molar-refractivity contribution in [2.24, 2.45) is 5.92 Å². The summed E-state index contributed by atoms with van der Waals surface area (Å²) >= 11 is 1.61. The Morgan fingerprint density at radius 1 is 1.71 bits per heavy atom. The lowest BCUT2D eigenvalue weighted by atomic mass is 9.97. The van der Waals surface area contributed by atoms with E-state index in [-0.39, 0.29) is 18.3 Å². The first-order valence-corrected chi connectivity index (χ1v) is 5.47. The monoisotopic (exact) mass is 213 g/mol. The van der Waals surface area contributed by atoms with Crippen molar-refractivity contribution in [1.82, 2.24) is 4.98 Å². The van der Waals surface area contributed by atoms with Gasteiger partial charge in [-0.1, -0.05) is 0 Å². The molecule has 0 fully saturated rings. The van der Waals surface area contributed by atoms with Gasteiger partial charge in [0.15, 0.2) is 0 Å². The topological polar surface area (TPSA) is 50.2 Å². The summed E-state index contributed by atoms with van der Waals surface area (Å²) in [4.78, 5) is 16.5. The van der Waals surface area contributed by atoms with Crippen LogP contribution in [0.25, 0.3) is 0 Å². The second-order valence-electron chi connectivity index (χ2n) is 3.37. The lowest BCUT2D eigenvalue weighted by molar-refractivity contribution is -0.121. The number of hydrogen-bond donors (Lipinski definition) is 1. The smallest absolute Gasteiger partial charge is 0.133 e. The van der Waals surface area contributed by atoms with E-state index in [4.69, 9.17) is 5.11 Å². The molecule has 0 radical (unpaired) electrons. The third kappa shape index (κ3) is 3.20. The SMILES string of the molecule is CC(=O)C(CCO)Cc1cnc(C)s1. The largest absolute Gasteiger partial charge is 0.396 e. The van der Waals surface area contributed by atoms with Crippen molar-refractivity contribution in [1.29, 1.82) is 0 Å². The van der Waals surface area contributed by atoms with Gasteiger partial charge in [0, 0.05) is 23.6 Å². The lowest BCUT2D eigenvalue weighted by Crippen LogP contribution is -2.14. The molecule has 0 bridgehead atoms. The van der Waals surface area contributed by atoms with Gasteiger partial charge in [-0.05, 0) is 26.7 Å². The molecule has 14 heavy (non-hydrogen) atoms. The quantitative estimate of drug-likeness (QED) is 0.808. The Kier molecular flexibility index (Phi) is 4.22. The second kappa shape index (κ2) is 5.22. The van der Waals surface area contributed by atoms with Gasteiger partial charge in [0.2, 0.25) is 0 Å². The summed E-state index contributed by atoms with van der Waals surface area (Å²) in [6.07, 6.45) is 3.07. The highest BCUT2D eigenvalue weighted by Crippen LogP contribution is 2.18. The Morgan fingerprint density at radius 3 is 2.86 bits per heavy atom. The van der Waals surface area contributed by atoms with Gasteiger partial charge in [-0.15, -0.1) is 11.3 Å². The third-order valence-corrected chi connectivity index (χ3v) is 3.10. The summed E-state index contributed by atoms with van der Waals surface area (Å²) in [6.45, 7) is 3.60. The van der Waals surface area contributed by atoms with Gasteiger partial charge in [-0.3, -0.25) is 4.79 Å². The van der Waals surface area contributed by atoms with Crippen LogP contribution in [0.3, 0.4) is 0 Å². The predicted molar refractivity (Wildman–Crippen MR) is 56.4 cm³/mol. The number of Topliss-reactive ketones (excluding diaryl/α,β-unsaturated/α-hetero) is 1. The molecule has 0 aromatic carbocycles. The number of aliphatic hydroxyl groups is 1. The number of ketones is 1. The van der Waals surface area contributed by atoms with Crippen LogP contribution >= 0.6 is 11.3 Å². The van der Waals surface area contributed by atoms with Gasteiger partial charge < -0.3 is 5.11 Å². The number of thiazole rings is 1. The average Bonchev–Trinajstić information content (AvgIpc) is 2.50. The van der Waals surface area contributed by atoms with Crippen LogP contribution in [0, 0.1) is 12.8 Å². The minimum atomic E-state index is -0.0557. The van der Waals surface area contributed by atoms with Crippen molar-refractivity contribution in [3.05, 3.63) is 16.1 Å². The Hall–Kier alpha value is -0.740. The zero-order valence-corrected chi connectivity index (χ0v) is 9.30. The van der Waals surface area contributed by atoms with Crippen molar-refractivity contribution in [3.8, 4) is 0 Å². The van der Waals surface area contributed by atoms with Crippen molar-refractivity contribution in [2.75, 3.05) is 6.61 Å². The zero-order chi connectivity index (χ0) is 10.6. The molecule has 1 aromatic heterocycles. The van der Waals surface area contributed by atoms with Crippen molar-refractivity contribution >= 4 is 17.1 Å². The third-order valence-electron chi connectivity index (χ3n) is 2.17. The number of nitrogens with zero attached hydrogens (tertiary/aromatic N) is 1. The lowest BCUT2D eigenvalue weighted by Gasteiger charge is -2.09. The van der Waals surface area contributed by atoms with Crippen LogP contribution in [-0.2, 0) is 11.2 Å². The minimum Gasteiger partial charge on any atom is -0.396 e. The number of rotatable bonds is 5. The molecule has 0 spiro atoms. The summed E-state index contributed by atoms with van der Waals surface area (Å²) in [7, 11) is 0. The van der Waals surface area contributed by atoms with Gasteiger partial charge in [0.05, 0.1) is 5.01 Å². The van der Waals surface area contributed by atoms with Crippen LogP contribution in [0.2, 0.25) is 0 Å². The molecule has 0 saturated carbocycles.